The lowest BCUT2D eigenvalue weighted by Crippen LogP contribution is -2.34. The highest BCUT2D eigenvalue weighted by molar-refractivity contribution is 6.33. The Bertz CT molecular complexity index is 472. The molecule has 1 unspecified atom stereocenters. The highest BCUT2D eigenvalue weighted by atomic mass is 35.5. The summed E-state index contributed by atoms with van der Waals surface area (Å²) in [7, 11) is 0. The van der Waals surface area contributed by atoms with E-state index in [1.165, 1.54) is 25.9 Å². The normalized spacial score (nSPS) is 17.1. The maximum atomic E-state index is 12.1. The SMILES string of the molecule is CC(CNC(=O)c1cccc(Cl)c1N)CN1CCCC1. The Labute approximate surface area is 125 Å². The number of likely N-dealkylation sites (tertiary alicyclic amines) is 1. The molecule has 1 amide bonds. The van der Waals surface area contributed by atoms with Gasteiger partial charge in [-0.2, -0.15) is 0 Å². The van der Waals surface area contributed by atoms with Gasteiger partial charge >= 0.3 is 0 Å². The van der Waals surface area contributed by atoms with E-state index >= 15 is 0 Å². The molecule has 1 fully saturated rings. The second-order valence-corrected chi connectivity index (χ2v) is 5.93. The molecule has 1 aliphatic rings. The van der Waals surface area contributed by atoms with Gasteiger partial charge in [-0.3, -0.25) is 4.79 Å². The van der Waals surface area contributed by atoms with E-state index in [0.717, 1.165) is 6.54 Å². The van der Waals surface area contributed by atoms with E-state index in [2.05, 4.69) is 17.1 Å². The van der Waals surface area contributed by atoms with E-state index in [4.69, 9.17) is 17.3 Å². The summed E-state index contributed by atoms with van der Waals surface area (Å²) in [6.45, 7) is 6.20. The van der Waals surface area contributed by atoms with Crippen LogP contribution in [0.5, 0.6) is 0 Å². The predicted octanol–water partition coefficient (Wildman–Crippen LogP) is 2.38. The molecule has 0 bridgehead atoms. The van der Waals surface area contributed by atoms with Crippen LogP contribution in [0.15, 0.2) is 18.2 Å². The largest absolute Gasteiger partial charge is 0.397 e. The quantitative estimate of drug-likeness (QED) is 0.820. The van der Waals surface area contributed by atoms with Crippen LogP contribution in [0.3, 0.4) is 0 Å². The van der Waals surface area contributed by atoms with Crippen LogP contribution >= 0.6 is 11.6 Å². The molecule has 1 aromatic rings. The summed E-state index contributed by atoms with van der Waals surface area (Å²) in [6.07, 6.45) is 2.58. The second kappa shape index (κ2) is 6.95. The number of carbonyl (C=O) groups excluding carboxylic acids is 1. The third-order valence-corrected chi connectivity index (χ3v) is 4.01. The van der Waals surface area contributed by atoms with Gasteiger partial charge in [-0.05, 0) is 44.0 Å². The minimum absolute atomic E-state index is 0.154. The van der Waals surface area contributed by atoms with Crippen LogP contribution in [-0.2, 0) is 0 Å². The lowest BCUT2D eigenvalue weighted by molar-refractivity contribution is 0.0946. The van der Waals surface area contributed by atoms with Crippen LogP contribution in [0.4, 0.5) is 5.69 Å². The zero-order valence-electron chi connectivity index (χ0n) is 11.9. The topological polar surface area (TPSA) is 58.4 Å². The fraction of sp³-hybridized carbons (Fsp3) is 0.533. The molecule has 0 saturated carbocycles. The number of hydrogen-bond donors (Lipinski definition) is 2. The molecule has 5 heteroatoms. The Morgan fingerprint density at radius 2 is 2.15 bits per heavy atom. The summed E-state index contributed by atoms with van der Waals surface area (Å²) < 4.78 is 0. The molecule has 2 rings (SSSR count). The third kappa shape index (κ3) is 3.87. The van der Waals surface area contributed by atoms with Crippen LogP contribution in [0.1, 0.15) is 30.1 Å². The van der Waals surface area contributed by atoms with Crippen molar-refractivity contribution >= 4 is 23.2 Å². The Balaban J connectivity index is 1.83. The number of hydrogen-bond acceptors (Lipinski definition) is 3. The number of carbonyl (C=O) groups is 1. The molecule has 4 nitrogen and oxygen atoms in total. The molecule has 0 spiro atoms. The minimum atomic E-state index is -0.154. The van der Waals surface area contributed by atoms with E-state index in [0.29, 0.717) is 28.7 Å². The molecular weight excluding hydrogens is 274 g/mol. The summed E-state index contributed by atoms with van der Waals surface area (Å²) in [5.41, 5.74) is 6.62. The van der Waals surface area contributed by atoms with Crippen molar-refractivity contribution in [3.8, 4) is 0 Å². The van der Waals surface area contributed by atoms with Crippen molar-refractivity contribution in [2.75, 3.05) is 31.9 Å². The molecule has 1 saturated heterocycles. The zero-order valence-corrected chi connectivity index (χ0v) is 12.6. The summed E-state index contributed by atoms with van der Waals surface area (Å²) in [6, 6.07) is 5.12. The standard InChI is InChI=1S/C15H22ClN3O/c1-11(10-19-7-2-3-8-19)9-18-15(20)12-5-4-6-13(16)14(12)17/h4-6,11H,2-3,7-10,17H2,1H3,(H,18,20). The first-order valence-electron chi connectivity index (χ1n) is 7.12. The number of nitrogens with one attached hydrogen (secondary N) is 1. The maximum absolute atomic E-state index is 12.1. The molecule has 1 atom stereocenters. The van der Waals surface area contributed by atoms with Gasteiger partial charge in [0.25, 0.3) is 5.91 Å². The predicted molar refractivity (Wildman–Crippen MR) is 83.0 cm³/mol. The molecule has 0 radical (unpaired) electrons. The number of nitrogens with zero attached hydrogens (tertiary/aromatic N) is 1. The van der Waals surface area contributed by atoms with E-state index in [9.17, 15) is 4.79 Å². The van der Waals surface area contributed by atoms with Crippen LogP contribution < -0.4 is 11.1 Å². The highest BCUT2D eigenvalue weighted by Crippen LogP contribution is 2.22. The molecular formula is C15H22ClN3O. The smallest absolute Gasteiger partial charge is 0.253 e. The fourth-order valence-corrected chi connectivity index (χ4v) is 2.74. The molecule has 20 heavy (non-hydrogen) atoms. The van der Waals surface area contributed by atoms with Crippen molar-refractivity contribution in [2.45, 2.75) is 19.8 Å². The molecule has 1 heterocycles. The molecule has 110 valence electrons. The van der Waals surface area contributed by atoms with Gasteiger partial charge in [0.05, 0.1) is 16.3 Å². The summed E-state index contributed by atoms with van der Waals surface area (Å²) in [4.78, 5) is 14.5. The van der Waals surface area contributed by atoms with Gasteiger partial charge < -0.3 is 16.0 Å². The van der Waals surface area contributed by atoms with Crippen molar-refractivity contribution < 1.29 is 4.79 Å². The van der Waals surface area contributed by atoms with E-state index in [1.54, 1.807) is 18.2 Å². The van der Waals surface area contributed by atoms with Gasteiger partial charge in [0.15, 0.2) is 0 Å². The summed E-state index contributed by atoms with van der Waals surface area (Å²) in [5, 5.41) is 3.36. The molecule has 0 aliphatic carbocycles. The lowest BCUT2D eigenvalue weighted by Gasteiger charge is -2.20. The van der Waals surface area contributed by atoms with Crippen LogP contribution in [0.25, 0.3) is 0 Å². The molecule has 1 aliphatic heterocycles. The molecule has 3 N–H and O–H groups in total. The average molecular weight is 296 g/mol. The van der Waals surface area contributed by atoms with Crippen molar-refractivity contribution in [2.24, 2.45) is 5.92 Å². The average Bonchev–Trinajstić information content (AvgIpc) is 2.92. The number of nitrogen functional groups attached to an aromatic ring is 1. The van der Waals surface area contributed by atoms with Crippen molar-refractivity contribution in [1.82, 2.24) is 10.2 Å². The van der Waals surface area contributed by atoms with Crippen LogP contribution in [0, 0.1) is 5.92 Å². The number of halogens is 1. The number of rotatable bonds is 5. The number of nitrogens with two attached hydrogens (primary N) is 1. The van der Waals surface area contributed by atoms with E-state index in [1.807, 2.05) is 0 Å². The van der Waals surface area contributed by atoms with Gasteiger partial charge in [0.2, 0.25) is 0 Å². The van der Waals surface area contributed by atoms with Crippen molar-refractivity contribution in [3.05, 3.63) is 28.8 Å². The number of amides is 1. The number of anilines is 1. The van der Waals surface area contributed by atoms with Gasteiger partial charge in [-0.1, -0.05) is 24.6 Å². The van der Waals surface area contributed by atoms with Gasteiger partial charge in [0, 0.05) is 13.1 Å². The Morgan fingerprint density at radius 3 is 2.85 bits per heavy atom. The number of benzene rings is 1. The fourth-order valence-electron chi connectivity index (χ4n) is 2.57. The first kappa shape index (κ1) is 15.1. The molecule has 1 aromatic carbocycles. The highest BCUT2D eigenvalue weighted by Gasteiger charge is 2.16. The number of para-hydroxylation sites is 1. The van der Waals surface area contributed by atoms with E-state index in [-0.39, 0.29) is 5.91 Å². The van der Waals surface area contributed by atoms with E-state index < -0.39 is 0 Å². The maximum Gasteiger partial charge on any atom is 0.253 e. The van der Waals surface area contributed by atoms with Crippen LogP contribution in [-0.4, -0.2) is 37.0 Å². The first-order chi connectivity index (χ1) is 9.58. The summed E-state index contributed by atoms with van der Waals surface area (Å²) >= 11 is 5.92. The minimum Gasteiger partial charge on any atom is -0.397 e. The lowest BCUT2D eigenvalue weighted by atomic mass is 10.1. The Kier molecular flexibility index (Phi) is 5.26. The monoisotopic (exact) mass is 295 g/mol. The summed E-state index contributed by atoms with van der Waals surface area (Å²) in [5.74, 6) is 0.274. The van der Waals surface area contributed by atoms with Gasteiger partial charge in [0.1, 0.15) is 0 Å². The molecule has 0 aromatic heterocycles. The second-order valence-electron chi connectivity index (χ2n) is 5.52. The van der Waals surface area contributed by atoms with Crippen molar-refractivity contribution in [3.63, 3.8) is 0 Å². The van der Waals surface area contributed by atoms with Gasteiger partial charge in [-0.15, -0.1) is 0 Å². The van der Waals surface area contributed by atoms with Gasteiger partial charge in [-0.25, -0.2) is 0 Å². The zero-order chi connectivity index (χ0) is 14.5. The van der Waals surface area contributed by atoms with Crippen LogP contribution in [0.2, 0.25) is 5.02 Å². The Hall–Kier alpha value is -1.26. The first-order valence-corrected chi connectivity index (χ1v) is 7.50. The Morgan fingerprint density at radius 1 is 1.45 bits per heavy atom. The van der Waals surface area contributed by atoms with Crippen molar-refractivity contribution in [1.29, 1.82) is 0 Å². The third-order valence-electron chi connectivity index (χ3n) is 3.68.